The van der Waals surface area contributed by atoms with Crippen molar-refractivity contribution < 1.29 is 41.0 Å². The van der Waals surface area contributed by atoms with E-state index in [4.69, 9.17) is 14.8 Å². The van der Waals surface area contributed by atoms with Crippen molar-refractivity contribution in [2.45, 2.75) is 71.5 Å². The first kappa shape index (κ1) is 36.1. The van der Waals surface area contributed by atoms with Crippen LogP contribution in [0.1, 0.15) is 66.0 Å². The summed E-state index contributed by atoms with van der Waals surface area (Å²) in [6, 6.07) is 14.6. The maximum absolute atomic E-state index is 13.8. The van der Waals surface area contributed by atoms with Crippen LogP contribution >= 0.6 is 0 Å². The Morgan fingerprint density at radius 1 is 0.960 bits per heavy atom. The van der Waals surface area contributed by atoms with Crippen molar-refractivity contribution >= 4 is 22.8 Å². The van der Waals surface area contributed by atoms with Gasteiger partial charge in [-0.2, -0.15) is 31.1 Å². The van der Waals surface area contributed by atoms with Gasteiger partial charge in [0.15, 0.2) is 0 Å². The largest absolute Gasteiger partial charge is 0.496 e. The van der Waals surface area contributed by atoms with E-state index in [9.17, 15) is 31.1 Å². The molecule has 2 aromatic heterocycles. The number of aliphatic carboxylic acids is 1. The number of carbonyl (C=O) groups is 1. The van der Waals surface area contributed by atoms with E-state index < -0.39 is 36.0 Å². The molecule has 50 heavy (non-hydrogen) atoms. The Labute approximate surface area is 283 Å². The van der Waals surface area contributed by atoms with Crippen LogP contribution in [-0.4, -0.2) is 43.4 Å². The van der Waals surface area contributed by atoms with E-state index in [0.717, 1.165) is 21.3 Å². The van der Waals surface area contributed by atoms with Gasteiger partial charge in [0.1, 0.15) is 5.75 Å². The van der Waals surface area contributed by atoms with E-state index >= 15 is 0 Å². The fourth-order valence-corrected chi connectivity index (χ4v) is 5.58. The Hall–Kier alpha value is -5.21. The number of methoxy groups -OCH3 is 1. The Balaban J connectivity index is 1.68. The molecule has 0 aliphatic carbocycles. The number of pyridine rings is 1. The summed E-state index contributed by atoms with van der Waals surface area (Å²) in [4.78, 5) is 18.6. The summed E-state index contributed by atoms with van der Waals surface area (Å²) in [5, 5.41) is 22.2. The Morgan fingerprint density at radius 2 is 1.66 bits per heavy atom. The van der Waals surface area contributed by atoms with Crippen LogP contribution in [0.3, 0.4) is 0 Å². The fraction of sp³-hybridized carbons (Fsp3) is 0.343. The number of fused-ring (bicyclic) bond motifs is 1. The Morgan fingerprint density at radius 3 is 2.28 bits per heavy atom. The van der Waals surface area contributed by atoms with Crippen molar-refractivity contribution in [2.24, 2.45) is 0 Å². The van der Waals surface area contributed by atoms with Crippen LogP contribution in [0.25, 0.3) is 22.2 Å². The monoisotopic (exact) mass is 700 g/mol. The molecule has 0 aliphatic heterocycles. The van der Waals surface area contributed by atoms with Crippen LogP contribution in [-0.2, 0) is 36.8 Å². The van der Waals surface area contributed by atoms with Gasteiger partial charge in [-0.25, -0.2) is 4.98 Å². The molecule has 3 aromatic carbocycles. The predicted octanol–water partition coefficient (Wildman–Crippen LogP) is 8.44. The molecule has 5 rings (SSSR count). The van der Waals surface area contributed by atoms with E-state index in [-0.39, 0.29) is 49.4 Å². The number of alkyl halides is 6. The number of nitrogens with zero attached hydrogens (tertiary/aromatic N) is 6. The summed E-state index contributed by atoms with van der Waals surface area (Å²) in [6.45, 7) is 5.45. The van der Waals surface area contributed by atoms with E-state index in [2.05, 4.69) is 15.4 Å². The normalized spacial score (nSPS) is 12.1. The van der Waals surface area contributed by atoms with Crippen molar-refractivity contribution in [1.82, 2.24) is 25.2 Å². The lowest BCUT2D eigenvalue weighted by Gasteiger charge is -2.24. The highest BCUT2D eigenvalue weighted by Crippen LogP contribution is 2.39. The number of benzene rings is 3. The number of hydrogen-bond donors (Lipinski definition) is 1. The number of hydrogen-bond acceptors (Lipinski definition) is 7. The van der Waals surface area contributed by atoms with Gasteiger partial charge in [-0.15, -0.1) is 5.10 Å². The number of halogens is 6. The second kappa shape index (κ2) is 14.3. The van der Waals surface area contributed by atoms with Crippen LogP contribution in [0.5, 0.6) is 5.75 Å². The summed E-state index contributed by atoms with van der Waals surface area (Å²) in [7, 11) is 1.52. The van der Waals surface area contributed by atoms with Crippen LogP contribution in [0.2, 0.25) is 0 Å². The Kier molecular flexibility index (Phi) is 10.3. The molecule has 9 nitrogen and oxygen atoms in total. The predicted molar refractivity (Wildman–Crippen MR) is 174 cm³/mol. The molecule has 0 radical (unpaired) electrons. The maximum Gasteiger partial charge on any atom is 0.416 e. The molecule has 0 atom stereocenters. The van der Waals surface area contributed by atoms with E-state index in [1.165, 1.54) is 12.0 Å². The third-order valence-electron chi connectivity index (χ3n) is 8.13. The quantitative estimate of drug-likeness (QED) is 0.129. The summed E-state index contributed by atoms with van der Waals surface area (Å²) < 4.78 is 88.7. The molecule has 0 saturated heterocycles. The SMILES string of the molecule is COc1ccc(C(C)C)cc1-c1nc2c(C)cccc2cc1CN(Cc1cc(C(F)(F)F)cc(C(F)(F)F)c1)c1nnn(CCCC(=O)O)n1. The number of carboxylic acid groups (broad SMARTS) is 1. The third kappa shape index (κ3) is 8.32. The fourth-order valence-electron chi connectivity index (χ4n) is 5.58. The first-order valence-electron chi connectivity index (χ1n) is 15.6. The number of carboxylic acids is 1. The van der Waals surface area contributed by atoms with Gasteiger partial charge < -0.3 is 14.7 Å². The average molecular weight is 701 g/mol. The molecule has 0 saturated carbocycles. The lowest BCUT2D eigenvalue weighted by molar-refractivity contribution is -0.143. The van der Waals surface area contributed by atoms with Crippen LogP contribution in [0.15, 0.2) is 60.7 Å². The zero-order chi connectivity index (χ0) is 36.4. The topological polar surface area (TPSA) is 106 Å². The first-order valence-corrected chi connectivity index (χ1v) is 15.6. The number of ether oxygens (including phenoxy) is 1. The maximum atomic E-state index is 13.8. The molecule has 5 aromatic rings. The highest BCUT2D eigenvalue weighted by Gasteiger charge is 2.37. The minimum Gasteiger partial charge on any atom is -0.496 e. The summed E-state index contributed by atoms with van der Waals surface area (Å²) in [6.07, 6.45) is -10.1. The zero-order valence-electron chi connectivity index (χ0n) is 27.6. The van der Waals surface area contributed by atoms with Gasteiger partial charge in [0.2, 0.25) is 0 Å². The smallest absolute Gasteiger partial charge is 0.416 e. The number of aryl methyl sites for hydroxylation is 2. The summed E-state index contributed by atoms with van der Waals surface area (Å²) in [5.41, 5.74) is 1.08. The second-order valence-electron chi connectivity index (χ2n) is 12.2. The number of para-hydroxylation sites is 1. The van der Waals surface area contributed by atoms with Crippen molar-refractivity contribution in [3.63, 3.8) is 0 Å². The van der Waals surface area contributed by atoms with Gasteiger partial charge in [-0.1, -0.05) is 43.2 Å². The van der Waals surface area contributed by atoms with Crippen molar-refractivity contribution in [3.8, 4) is 17.0 Å². The lowest BCUT2D eigenvalue weighted by atomic mass is 9.95. The third-order valence-corrected chi connectivity index (χ3v) is 8.13. The lowest BCUT2D eigenvalue weighted by Crippen LogP contribution is -2.25. The molecule has 0 amide bonds. The molecular formula is C35H34F6N6O3. The molecule has 15 heteroatoms. The summed E-state index contributed by atoms with van der Waals surface area (Å²) >= 11 is 0. The Bertz CT molecular complexity index is 1980. The van der Waals surface area contributed by atoms with E-state index in [1.54, 1.807) is 0 Å². The molecule has 1 N–H and O–H groups in total. The highest BCUT2D eigenvalue weighted by atomic mass is 19.4. The van der Waals surface area contributed by atoms with Gasteiger partial charge in [0, 0.05) is 30.5 Å². The molecule has 0 unspecified atom stereocenters. The molecule has 0 fully saturated rings. The van der Waals surface area contributed by atoms with Gasteiger partial charge in [-0.3, -0.25) is 4.79 Å². The molecule has 2 heterocycles. The average Bonchev–Trinajstić information content (AvgIpc) is 3.52. The van der Waals surface area contributed by atoms with Crippen molar-refractivity contribution in [1.29, 1.82) is 0 Å². The van der Waals surface area contributed by atoms with E-state index in [0.29, 0.717) is 40.2 Å². The molecule has 0 aliphatic rings. The van der Waals surface area contributed by atoms with Crippen LogP contribution < -0.4 is 9.64 Å². The van der Waals surface area contributed by atoms with Crippen LogP contribution in [0.4, 0.5) is 32.3 Å². The van der Waals surface area contributed by atoms with E-state index in [1.807, 2.05) is 63.2 Å². The van der Waals surface area contributed by atoms with Crippen molar-refractivity contribution in [2.75, 3.05) is 12.0 Å². The summed E-state index contributed by atoms with van der Waals surface area (Å²) in [5.74, 6) is -0.464. The van der Waals surface area contributed by atoms with Gasteiger partial charge in [-0.05, 0) is 83.1 Å². The molecule has 0 bridgehead atoms. The number of tetrazole rings is 1. The molecule has 264 valence electrons. The zero-order valence-corrected chi connectivity index (χ0v) is 27.6. The molecular weight excluding hydrogens is 666 g/mol. The highest BCUT2D eigenvalue weighted by molar-refractivity contribution is 5.87. The number of anilines is 1. The molecule has 0 spiro atoms. The number of rotatable bonds is 12. The minimum atomic E-state index is -5.04. The van der Waals surface area contributed by atoms with Crippen LogP contribution in [0, 0.1) is 6.92 Å². The van der Waals surface area contributed by atoms with Gasteiger partial charge in [0.25, 0.3) is 5.95 Å². The van der Waals surface area contributed by atoms with Gasteiger partial charge >= 0.3 is 18.3 Å². The minimum absolute atomic E-state index is 0.0656. The van der Waals surface area contributed by atoms with Crippen molar-refractivity contribution in [3.05, 3.63) is 94.0 Å². The number of aromatic nitrogens is 5. The standard InChI is InChI=1S/C35H34F6N6O3/c1-20(2)23-10-11-29(50-4)28(16-23)32-25(15-24-8-5-7-21(3)31(24)42-32)19-46(33-43-45-47(44-33)12-6-9-30(48)49)18-22-13-26(34(36,37)38)17-27(14-22)35(39,40)41/h5,7-8,10-11,13-17,20H,6,9,12,18-19H2,1-4H3,(H,48,49). The first-order chi connectivity index (χ1) is 23.5. The van der Waals surface area contributed by atoms with Gasteiger partial charge in [0.05, 0.1) is 36.0 Å². The second-order valence-corrected chi connectivity index (χ2v) is 12.2.